The Morgan fingerprint density at radius 2 is 1.96 bits per heavy atom. The lowest BCUT2D eigenvalue weighted by Gasteiger charge is -2.25. The molecule has 1 atom stereocenters. The van der Waals surface area contributed by atoms with E-state index in [2.05, 4.69) is 6.07 Å². The first kappa shape index (κ1) is 18.7. The number of methoxy groups -OCH3 is 1. The molecule has 1 aromatic rings. The fourth-order valence-corrected chi connectivity index (χ4v) is 3.36. The van der Waals surface area contributed by atoms with E-state index in [0.717, 1.165) is 42.7 Å². The van der Waals surface area contributed by atoms with Crippen molar-refractivity contribution >= 4 is 11.8 Å². The fraction of sp³-hybridized carbons (Fsp3) is 0.600. The van der Waals surface area contributed by atoms with E-state index in [1.807, 2.05) is 26.0 Å². The van der Waals surface area contributed by atoms with E-state index in [0.29, 0.717) is 18.8 Å². The average Bonchev–Trinajstić information content (AvgIpc) is 2.57. The highest BCUT2D eigenvalue weighted by Gasteiger charge is 2.27. The van der Waals surface area contributed by atoms with Gasteiger partial charge in [0.25, 0.3) is 0 Å². The van der Waals surface area contributed by atoms with Gasteiger partial charge in [0.1, 0.15) is 5.78 Å². The van der Waals surface area contributed by atoms with E-state index < -0.39 is 0 Å². The molecule has 24 heavy (non-hydrogen) atoms. The van der Waals surface area contributed by atoms with Crippen molar-refractivity contribution in [2.24, 2.45) is 11.8 Å². The molecule has 0 bridgehead atoms. The van der Waals surface area contributed by atoms with Gasteiger partial charge in [0, 0.05) is 26.1 Å². The zero-order valence-electron chi connectivity index (χ0n) is 15.0. The van der Waals surface area contributed by atoms with Crippen LogP contribution < -0.4 is 0 Å². The van der Waals surface area contributed by atoms with Crippen molar-refractivity contribution in [1.82, 2.24) is 0 Å². The number of carbonyl (C=O) groups is 2. The summed E-state index contributed by atoms with van der Waals surface area (Å²) in [5, 5.41) is 0. The van der Waals surface area contributed by atoms with Gasteiger partial charge in [0.2, 0.25) is 0 Å². The van der Waals surface area contributed by atoms with Crippen molar-refractivity contribution in [2.45, 2.75) is 46.0 Å². The Balaban J connectivity index is 1.98. The van der Waals surface area contributed by atoms with Crippen molar-refractivity contribution in [3.63, 3.8) is 0 Å². The molecule has 0 saturated carbocycles. The van der Waals surface area contributed by atoms with Gasteiger partial charge >= 0.3 is 5.97 Å². The van der Waals surface area contributed by atoms with E-state index >= 15 is 0 Å². The Kier molecular flexibility index (Phi) is 6.98. The van der Waals surface area contributed by atoms with Gasteiger partial charge in [-0.05, 0) is 50.2 Å². The van der Waals surface area contributed by atoms with E-state index in [-0.39, 0.29) is 24.1 Å². The van der Waals surface area contributed by atoms with Crippen LogP contribution in [0.15, 0.2) is 18.2 Å². The minimum atomic E-state index is -0.337. The lowest BCUT2D eigenvalue weighted by Crippen LogP contribution is -2.26. The quantitative estimate of drug-likeness (QED) is 0.718. The third-order valence-corrected chi connectivity index (χ3v) is 4.86. The first-order chi connectivity index (χ1) is 11.5. The van der Waals surface area contributed by atoms with Crippen molar-refractivity contribution in [1.29, 1.82) is 0 Å². The lowest BCUT2D eigenvalue weighted by molar-refractivity contribution is -0.148. The number of benzene rings is 1. The van der Waals surface area contributed by atoms with Crippen molar-refractivity contribution < 1.29 is 19.1 Å². The maximum atomic E-state index is 12.5. The summed E-state index contributed by atoms with van der Waals surface area (Å²) in [6.07, 6.45) is 3.28. The van der Waals surface area contributed by atoms with Gasteiger partial charge in [0.05, 0.1) is 13.0 Å². The summed E-state index contributed by atoms with van der Waals surface area (Å²) in [5.41, 5.74) is 3.32. The van der Waals surface area contributed by atoms with Gasteiger partial charge in [-0.1, -0.05) is 23.8 Å². The standard InChI is InChI=1S/C20H28O4/c1-14-4-5-15(2)17(10-14)12-19(21)13-18(20(22)23-3)11-16-6-8-24-9-7-16/h4-5,10,16,18H,6-9,11-13H2,1-3H3. The molecule has 0 aromatic heterocycles. The summed E-state index contributed by atoms with van der Waals surface area (Å²) in [7, 11) is 1.40. The Labute approximate surface area is 144 Å². The highest BCUT2D eigenvalue weighted by molar-refractivity contribution is 5.86. The normalized spacial score (nSPS) is 16.6. The number of aryl methyl sites for hydroxylation is 2. The Hall–Kier alpha value is -1.68. The van der Waals surface area contributed by atoms with Gasteiger partial charge in [-0.15, -0.1) is 0 Å². The van der Waals surface area contributed by atoms with Crippen molar-refractivity contribution in [2.75, 3.05) is 20.3 Å². The molecule has 0 N–H and O–H groups in total. The second-order valence-electron chi connectivity index (χ2n) is 6.86. The summed E-state index contributed by atoms with van der Waals surface area (Å²) in [6, 6.07) is 6.14. The summed E-state index contributed by atoms with van der Waals surface area (Å²) in [6.45, 7) is 5.53. The summed E-state index contributed by atoms with van der Waals surface area (Å²) in [4.78, 5) is 24.6. The topological polar surface area (TPSA) is 52.6 Å². The van der Waals surface area contributed by atoms with Crippen LogP contribution in [0.3, 0.4) is 0 Å². The van der Waals surface area contributed by atoms with Crippen LogP contribution in [0.5, 0.6) is 0 Å². The van der Waals surface area contributed by atoms with Gasteiger partial charge in [-0.2, -0.15) is 0 Å². The zero-order chi connectivity index (χ0) is 17.5. The first-order valence-corrected chi connectivity index (χ1v) is 8.73. The Morgan fingerprint density at radius 1 is 1.25 bits per heavy atom. The van der Waals surface area contributed by atoms with E-state index in [9.17, 15) is 9.59 Å². The molecule has 0 amide bonds. The molecule has 2 rings (SSSR count). The molecule has 4 nitrogen and oxygen atoms in total. The number of ether oxygens (including phenoxy) is 2. The predicted octanol–water partition coefficient (Wildman–Crippen LogP) is 3.41. The number of rotatable bonds is 7. The molecule has 0 radical (unpaired) electrons. The molecule has 0 aliphatic carbocycles. The van der Waals surface area contributed by atoms with Crippen LogP contribution in [0, 0.1) is 25.7 Å². The van der Waals surface area contributed by atoms with E-state index in [1.165, 1.54) is 7.11 Å². The number of carbonyl (C=O) groups excluding carboxylic acids is 2. The molecule has 1 fully saturated rings. The number of esters is 1. The Bertz CT molecular complexity index is 573. The molecule has 4 heteroatoms. The molecule has 1 unspecified atom stereocenters. The fourth-order valence-electron chi connectivity index (χ4n) is 3.36. The average molecular weight is 332 g/mol. The summed E-state index contributed by atoms with van der Waals surface area (Å²) >= 11 is 0. The number of hydrogen-bond donors (Lipinski definition) is 0. The van der Waals surface area contributed by atoms with Crippen LogP contribution in [-0.2, 0) is 25.5 Å². The molecule has 0 spiro atoms. The molecular formula is C20H28O4. The third kappa shape index (κ3) is 5.45. The maximum absolute atomic E-state index is 12.5. The summed E-state index contributed by atoms with van der Waals surface area (Å²) in [5.74, 6) is -0.0611. The molecule has 1 aliphatic rings. The van der Waals surface area contributed by atoms with Gasteiger partial charge < -0.3 is 9.47 Å². The van der Waals surface area contributed by atoms with Crippen LogP contribution >= 0.6 is 0 Å². The third-order valence-electron chi connectivity index (χ3n) is 4.86. The lowest BCUT2D eigenvalue weighted by atomic mass is 9.85. The molecule has 1 aromatic carbocycles. The molecule has 1 heterocycles. The number of hydrogen-bond acceptors (Lipinski definition) is 4. The van der Waals surface area contributed by atoms with Crippen LogP contribution in [0.1, 0.15) is 42.4 Å². The minimum absolute atomic E-state index is 0.103. The van der Waals surface area contributed by atoms with Crippen LogP contribution in [0.4, 0.5) is 0 Å². The largest absolute Gasteiger partial charge is 0.469 e. The number of Topliss-reactive ketones (excluding diaryl/α,β-unsaturated/α-hetero) is 1. The smallest absolute Gasteiger partial charge is 0.309 e. The Morgan fingerprint density at radius 3 is 2.62 bits per heavy atom. The maximum Gasteiger partial charge on any atom is 0.309 e. The van der Waals surface area contributed by atoms with Crippen LogP contribution in [0.2, 0.25) is 0 Å². The van der Waals surface area contributed by atoms with E-state index in [4.69, 9.17) is 9.47 Å². The monoisotopic (exact) mass is 332 g/mol. The van der Waals surface area contributed by atoms with Crippen LogP contribution in [-0.4, -0.2) is 32.1 Å². The van der Waals surface area contributed by atoms with Gasteiger partial charge in [0.15, 0.2) is 0 Å². The van der Waals surface area contributed by atoms with Crippen molar-refractivity contribution in [3.05, 3.63) is 34.9 Å². The number of ketones is 1. The first-order valence-electron chi connectivity index (χ1n) is 8.73. The second kappa shape index (κ2) is 8.97. The predicted molar refractivity (Wildman–Crippen MR) is 92.9 cm³/mol. The summed E-state index contributed by atoms with van der Waals surface area (Å²) < 4.78 is 10.3. The van der Waals surface area contributed by atoms with Gasteiger partial charge in [-0.25, -0.2) is 0 Å². The van der Waals surface area contributed by atoms with Crippen LogP contribution in [0.25, 0.3) is 0 Å². The second-order valence-corrected chi connectivity index (χ2v) is 6.86. The molecular weight excluding hydrogens is 304 g/mol. The SMILES string of the molecule is COC(=O)C(CC(=O)Cc1cc(C)ccc1C)CC1CCOCC1. The highest BCUT2D eigenvalue weighted by Crippen LogP contribution is 2.26. The minimum Gasteiger partial charge on any atom is -0.469 e. The molecule has 132 valence electrons. The molecule has 1 saturated heterocycles. The van der Waals surface area contributed by atoms with Crippen molar-refractivity contribution in [3.8, 4) is 0 Å². The molecule has 1 aliphatic heterocycles. The highest BCUT2D eigenvalue weighted by atomic mass is 16.5. The van der Waals surface area contributed by atoms with E-state index in [1.54, 1.807) is 0 Å². The zero-order valence-corrected chi connectivity index (χ0v) is 15.0. The van der Waals surface area contributed by atoms with Gasteiger partial charge in [-0.3, -0.25) is 9.59 Å².